The molecule has 5 nitrogen and oxygen atoms in total. The molecule has 0 aromatic heterocycles. The van der Waals surface area contributed by atoms with Crippen molar-refractivity contribution in [3.05, 3.63) is 29.8 Å². The summed E-state index contributed by atoms with van der Waals surface area (Å²) in [7, 11) is 0. The van der Waals surface area contributed by atoms with Crippen molar-refractivity contribution in [2.24, 2.45) is 0 Å². The SMILES string of the molecule is CCNP(=S)(OCC)Oc1ccccc1C(=O)OC(C)C. The molecule has 0 saturated heterocycles. The molecular formula is C14H22NO4PS. The van der Waals surface area contributed by atoms with Gasteiger partial charge >= 0.3 is 12.6 Å². The number of carbonyl (C=O) groups excluding carboxylic acids is 1. The van der Waals surface area contributed by atoms with Gasteiger partial charge in [-0.05, 0) is 44.7 Å². The quantitative estimate of drug-likeness (QED) is 0.581. The van der Waals surface area contributed by atoms with Crippen molar-refractivity contribution in [2.75, 3.05) is 13.2 Å². The van der Waals surface area contributed by atoms with Gasteiger partial charge in [0.15, 0.2) is 0 Å². The van der Waals surface area contributed by atoms with Gasteiger partial charge < -0.3 is 13.8 Å². The average molecular weight is 331 g/mol. The summed E-state index contributed by atoms with van der Waals surface area (Å²) in [5, 5.41) is 3.04. The molecule has 0 aliphatic heterocycles. The van der Waals surface area contributed by atoms with Crippen LogP contribution in [0.4, 0.5) is 0 Å². The van der Waals surface area contributed by atoms with Crippen LogP contribution in [0.3, 0.4) is 0 Å². The predicted octanol–water partition coefficient (Wildman–Crippen LogP) is 3.50. The Kier molecular flexibility index (Phi) is 7.32. The van der Waals surface area contributed by atoms with E-state index in [0.717, 1.165) is 0 Å². The summed E-state index contributed by atoms with van der Waals surface area (Å²) in [6, 6.07) is 6.87. The Hall–Kier alpha value is -0.940. The zero-order valence-electron chi connectivity index (χ0n) is 12.8. The van der Waals surface area contributed by atoms with Crippen LogP contribution in [0.15, 0.2) is 24.3 Å². The molecule has 1 atom stereocenters. The van der Waals surface area contributed by atoms with Gasteiger partial charge in [-0.1, -0.05) is 19.1 Å². The molecule has 0 heterocycles. The number of esters is 1. The maximum absolute atomic E-state index is 12.1. The van der Waals surface area contributed by atoms with Gasteiger partial charge in [0, 0.05) is 6.54 Å². The normalized spacial score (nSPS) is 13.8. The van der Waals surface area contributed by atoms with E-state index in [2.05, 4.69) is 5.09 Å². The highest BCUT2D eigenvalue weighted by Crippen LogP contribution is 2.45. The molecule has 0 radical (unpaired) electrons. The summed E-state index contributed by atoms with van der Waals surface area (Å²) < 4.78 is 16.5. The number of nitrogens with one attached hydrogen (secondary N) is 1. The third-order valence-electron chi connectivity index (χ3n) is 2.32. The zero-order chi connectivity index (χ0) is 15.9. The minimum atomic E-state index is -2.67. The Morgan fingerprint density at radius 2 is 2.00 bits per heavy atom. The fraction of sp³-hybridized carbons (Fsp3) is 0.500. The smallest absolute Gasteiger partial charge is 0.342 e. The van der Waals surface area contributed by atoms with Crippen molar-refractivity contribution in [2.45, 2.75) is 33.8 Å². The highest BCUT2D eigenvalue weighted by molar-refractivity contribution is 8.09. The number of hydrogen-bond donors (Lipinski definition) is 1. The molecule has 21 heavy (non-hydrogen) atoms. The van der Waals surface area contributed by atoms with Crippen molar-refractivity contribution >= 4 is 24.4 Å². The number of carbonyl (C=O) groups is 1. The summed E-state index contributed by atoms with van der Waals surface area (Å²) in [5.74, 6) is -0.0592. The molecule has 1 unspecified atom stereocenters. The third kappa shape index (κ3) is 5.75. The Balaban J connectivity index is 3.02. The van der Waals surface area contributed by atoms with Gasteiger partial charge in [-0.15, -0.1) is 0 Å². The molecule has 1 aromatic carbocycles. The lowest BCUT2D eigenvalue weighted by atomic mass is 10.2. The number of rotatable bonds is 8. The monoisotopic (exact) mass is 331 g/mol. The standard InChI is InChI=1S/C14H22NO4PS/c1-5-15-20(21,17-6-2)19-13-10-8-7-9-12(13)14(16)18-11(3)4/h7-11H,5-6H2,1-4H3,(H,15,21). The number of benzene rings is 1. The second-order valence-electron chi connectivity index (χ2n) is 4.47. The molecule has 0 fully saturated rings. The number of hydrogen-bond acceptors (Lipinski definition) is 5. The van der Waals surface area contributed by atoms with Crippen molar-refractivity contribution < 1.29 is 18.6 Å². The molecule has 118 valence electrons. The third-order valence-corrected chi connectivity index (χ3v) is 4.98. The van der Waals surface area contributed by atoms with E-state index in [1.54, 1.807) is 38.1 Å². The first-order valence-corrected chi connectivity index (χ1v) is 9.55. The lowest BCUT2D eigenvalue weighted by molar-refractivity contribution is 0.0376. The molecule has 0 bridgehead atoms. The van der Waals surface area contributed by atoms with Gasteiger partial charge in [-0.2, -0.15) is 0 Å². The minimum absolute atomic E-state index is 0.200. The summed E-state index contributed by atoms with van der Waals surface area (Å²) in [5.41, 5.74) is 0.345. The molecule has 0 saturated carbocycles. The van der Waals surface area contributed by atoms with Crippen molar-refractivity contribution in [1.29, 1.82) is 0 Å². The molecule has 1 aromatic rings. The van der Waals surface area contributed by atoms with E-state index in [4.69, 9.17) is 25.6 Å². The second-order valence-corrected chi connectivity index (χ2v) is 7.66. The predicted molar refractivity (Wildman–Crippen MR) is 87.2 cm³/mol. The summed E-state index contributed by atoms with van der Waals surface area (Å²) in [4.78, 5) is 12.1. The lowest BCUT2D eigenvalue weighted by Crippen LogP contribution is -2.18. The van der Waals surface area contributed by atoms with Gasteiger partial charge in [-0.3, -0.25) is 0 Å². The van der Waals surface area contributed by atoms with Crippen LogP contribution in [0.5, 0.6) is 5.75 Å². The fourth-order valence-electron chi connectivity index (χ4n) is 1.59. The van der Waals surface area contributed by atoms with E-state index in [-0.39, 0.29) is 6.10 Å². The van der Waals surface area contributed by atoms with Gasteiger partial charge in [0.1, 0.15) is 11.3 Å². The van der Waals surface area contributed by atoms with Crippen LogP contribution in [-0.2, 0) is 21.1 Å². The molecule has 1 rings (SSSR count). The Morgan fingerprint density at radius 3 is 2.57 bits per heavy atom. The topological polar surface area (TPSA) is 56.8 Å². The van der Waals surface area contributed by atoms with Gasteiger partial charge in [0.05, 0.1) is 12.7 Å². The Labute approximate surface area is 131 Å². The largest absolute Gasteiger partial charge is 0.459 e. The average Bonchev–Trinajstić information content (AvgIpc) is 2.38. The Morgan fingerprint density at radius 1 is 1.33 bits per heavy atom. The summed E-state index contributed by atoms with van der Waals surface area (Å²) >= 11 is 5.42. The molecular weight excluding hydrogens is 309 g/mol. The zero-order valence-corrected chi connectivity index (χ0v) is 14.5. The molecule has 7 heteroatoms. The van der Waals surface area contributed by atoms with Crippen LogP contribution in [0.1, 0.15) is 38.1 Å². The van der Waals surface area contributed by atoms with Crippen LogP contribution in [-0.4, -0.2) is 25.2 Å². The molecule has 0 aliphatic carbocycles. The highest BCUT2D eigenvalue weighted by atomic mass is 32.5. The summed E-state index contributed by atoms with van der Waals surface area (Å²) in [6.45, 7) is 5.75. The van der Waals surface area contributed by atoms with E-state index in [1.807, 2.05) is 13.8 Å². The van der Waals surface area contributed by atoms with Crippen molar-refractivity contribution in [3.8, 4) is 5.75 Å². The van der Waals surface area contributed by atoms with E-state index >= 15 is 0 Å². The fourth-order valence-corrected chi connectivity index (χ4v) is 3.89. The maximum Gasteiger partial charge on any atom is 0.342 e. The lowest BCUT2D eigenvalue weighted by Gasteiger charge is -2.23. The van der Waals surface area contributed by atoms with Crippen LogP contribution in [0, 0.1) is 0 Å². The van der Waals surface area contributed by atoms with Crippen molar-refractivity contribution in [1.82, 2.24) is 5.09 Å². The highest BCUT2D eigenvalue weighted by Gasteiger charge is 2.23. The van der Waals surface area contributed by atoms with Crippen LogP contribution in [0.2, 0.25) is 0 Å². The first-order chi connectivity index (χ1) is 9.91. The number of para-hydroxylation sites is 1. The van der Waals surface area contributed by atoms with E-state index in [0.29, 0.717) is 24.5 Å². The van der Waals surface area contributed by atoms with Crippen LogP contribution < -0.4 is 9.61 Å². The molecule has 0 amide bonds. The first-order valence-electron chi connectivity index (χ1n) is 6.91. The van der Waals surface area contributed by atoms with Gasteiger partial charge in [0.25, 0.3) is 0 Å². The maximum atomic E-state index is 12.1. The van der Waals surface area contributed by atoms with E-state index in [9.17, 15) is 4.79 Å². The van der Waals surface area contributed by atoms with E-state index in [1.165, 1.54) is 0 Å². The molecule has 0 aliphatic rings. The minimum Gasteiger partial charge on any atom is -0.459 e. The van der Waals surface area contributed by atoms with Crippen LogP contribution >= 0.6 is 6.64 Å². The first kappa shape index (κ1) is 18.1. The number of ether oxygens (including phenoxy) is 1. The van der Waals surface area contributed by atoms with Crippen molar-refractivity contribution in [3.63, 3.8) is 0 Å². The van der Waals surface area contributed by atoms with Crippen LogP contribution in [0.25, 0.3) is 0 Å². The second kappa shape index (κ2) is 8.49. The summed E-state index contributed by atoms with van der Waals surface area (Å²) in [6.07, 6.45) is -0.200. The molecule has 1 N–H and O–H groups in total. The van der Waals surface area contributed by atoms with Gasteiger partial charge in [-0.25, -0.2) is 9.88 Å². The Bertz CT molecular complexity index is 511. The van der Waals surface area contributed by atoms with E-state index < -0.39 is 12.6 Å². The molecule has 0 spiro atoms. The van der Waals surface area contributed by atoms with Gasteiger partial charge in [0.2, 0.25) is 0 Å².